The van der Waals surface area contributed by atoms with Crippen molar-refractivity contribution in [3.8, 4) is 5.75 Å². The summed E-state index contributed by atoms with van der Waals surface area (Å²) < 4.78 is 17.0. The number of aliphatic imine (C=N–C) groups is 1. The molecule has 1 aliphatic rings. The summed E-state index contributed by atoms with van der Waals surface area (Å²) in [5.41, 5.74) is 4.35. The van der Waals surface area contributed by atoms with Crippen LogP contribution in [0.1, 0.15) is 47.9 Å². The van der Waals surface area contributed by atoms with E-state index < -0.39 is 0 Å². The van der Waals surface area contributed by atoms with Crippen molar-refractivity contribution in [2.24, 2.45) is 4.99 Å². The van der Waals surface area contributed by atoms with E-state index in [0.717, 1.165) is 73.2 Å². The SMILES string of the molecule is CCNC(=NCc1ccc(C)cc1OCC1CCCO1)NCCc1c(C)noc1C.I. The number of nitrogens with one attached hydrogen (secondary N) is 2. The molecule has 7 nitrogen and oxygen atoms in total. The van der Waals surface area contributed by atoms with Gasteiger partial charge in [0.1, 0.15) is 18.1 Å². The minimum atomic E-state index is 0. The number of rotatable bonds is 9. The molecule has 1 unspecified atom stereocenters. The quantitative estimate of drug-likeness (QED) is 0.283. The van der Waals surface area contributed by atoms with E-state index in [1.807, 2.05) is 13.8 Å². The molecular weight excluding hydrogens is 507 g/mol. The fourth-order valence-electron chi connectivity index (χ4n) is 3.56. The molecule has 0 radical (unpaired) electrons. The first-order valence-electron chi connectivity index (χ1n) is 10.8. The Bertz CT molecular complexity index is 828. The first-order chi connectivity index (χ1) is 14.6. The van der Waals surface area contributed by atoms with E-state index in [9.17, 15) is 0 Å². The van der Waals surface area contributed by atoms with E-state index in [-0.39, 0.29) is 30.1 Å². The van der Waals surface area contributed by atoms with Crippen molar-refractivity contribution in [3.63, 3.8) is 0 Å². The standard InChI is InChI=1S/C23H34N4O3.HI/c1-5-24-23(25-11-10-21-17(3)27-30-18(21)4)26-14-19-9-8-16(2)13-22(19)29-15-20-7-6-12-28-20;/h8-9,13,20H,5-7,10-12,14-15H2,1-4H3,(H2,24,25,26);1H. The van der Waals surface area contributed by atoms with Gasteiger partial charge in [-0.3, -0.25) is 0 Å². The molecule has 1 aliphatic heterocycles. The first kappa shape index (κ1) is 25.5. The Balaban J connectivity index is 0.00000341. The molecule has 3 rings (SSSR count). The number of aromatic nitrogens is 1. The molecule has 1 fully saturated rings. The van der Waals surface area contributed by atoms with Gasteiger partial charge < -0.3 is 24.6 Å². The Morgan fingerprint density at radius 1 is 1.26 bits per heavy atom. The van der Waals surface area contributed by atoms with E-state index in [2.05, 4.69) is 47.8 Å². The lowest BCUT2D eigenvalue weighted by atomic mass is 10.1. The third kappa shape index (κ3) is 7.68. The molecule has 0 amide bonds. The molecule has 2 heterocycles. The van der Waals surface area contributed by atoms with E-state index >= 15 is 0 Å². The monoisotopic (exact) mass is 542 g/mol. The lowest BCUT2D eigenvalue weighted by Crippen LogP contribution is -2.38. The summed E-state index contributed by atoms with van der Waals surface area (Å²) >= 11 is 0. The van der Waals surface area contributed by atoms with Crippen LogP contribution in [-0.2, 0) is 17.7 Å². The first-order valence-corrected chi connectivity index (χ1v) is 10.8. The highest BCUT2D eigenvalue weighted by Gasteiger charge is 2.17. The largest absolute Gasteiger partial charge is 0.491 e. The topological polar surface area (TPSA) is 80.9 Å². The van der Waals surface area contributed by atoms with Crippen LogP contribution in [0.15, 0.2) is 27.7 Å². The molecule has 8 heteroatoms. The molecule has 2 N–H and O–H groups in total. The highest BCUT2D eigenvalue weighted by Crippen LogP contribution is 2.23. The van der Waals surface area contributed by atoms with Crippen LogP contribution in [0.2, 0.25) is 0 Å². The summed E-state index contributed by atoms with van der Waals surface area (Å²) in [5, 5.41) is 10.7. The highest BCUT2D eigenvalue weighted by molar-refractivity contribution is 14.0. The van der Waals surface area contributed by atoms with Crippen LogP contribution in [0.3, 0.4) is 0 Å². The van der Waals surface area contributed by atoms with Gasteiger partial charge in [-0.1, -0.05) is 17.3 Å². The predicted molar refractivity (Wildman–Crippen MR) is 134 cm³/mol. The summed E-state index contributed by atoms with van der Waals surface area (Å²) in [6.07, 6.45) is 3.22. The second kappa shape index (κ2) is 12.9. The van der Waals surface area contributed by atoms with Crippen molar-refractivity contribution >= 4 is 29.9 Å². The number of hydrogen-bond acceptors (Lipinski definition) is 5. The number of ether oxygens (including phenoxy) is 2. The van der Waals surface area contributed by atoms with Crippen LogP contribution < -0.4 is 15.4 Å². The van der Waals surface area contributed by atoms with Gasteiger partial charge in [-0.25, -0.2) is 4.99 Å². The minimum Gasteiger partial charge on any atom is -0.491 e. The molecule has 0 aliphatic carbocycles. The minimum absolute atomic E-state index is 0. The summed E-state index contributed by atoms with van der Waals surface area (Å²) in [5.74, 6) is 2.56. The summed E-state index contributed by atoms with van der Waals surface area (Å²) in [7, 11) is 0. The normalized spacial score (nSPS) is 16.1. The molecule has 0 spiro atoms. The van der Waals surface area contributed by atoms with Crippen LogP contribution in [0.4, 0.5) is 0 Å². The number of aryl methyl sites for hydroxylation is 3. The van der Waals surface area contributed by atoms with Gasteiger partial charge in [0.05, 0.1) is 18.3 Å². The zero-order valence-electron chi connectivity index (χ0n) is 19.0. The Labute approximate surface area is 202 Å². The number of guanidine groups is 1. The van der Waals surface area contributed by atoms with Gasteiger partial charge >= 0.3 is 0 Å². The van der Waals surface area contributed by atoms with Gasteiger partial charge in [-0.05, 0) is 58.6 Å². The summed E-state index contributed by atoms with van der Waals surface area (Å²) in [6, 6.07) is 6.27. The second-order valence-electron chi connectivity index (χ2n) is 7.73. The molecule has 1 aromatic heterocycles. The Morgan fingerprint density at radius 2 is 2.10 bits per heavy atom. The van der Waals surface area contributed by atoms with Crippen LogP contribution in [-0.4, -0.2) is 43.5 Å². The van der Waals surface area contributed by atoms with Gasteiger partial charge in [0.15, 0.2) is 5.96 Å². The van der Waals surface area contributed by atoms with Crippen molar-refractivity contribution in [1.29, 1.82) is 0 Å². The Morgan fingerprint density at radius 3 is 2.77 bits per heavy atom. The molecule has 0 bridgehead atoms. The molecule has 31 heavy (non-hydrogen) atoms. The van der Waals surface area contributed by atoms with E-state index in [1.165, 1.54) is 5.56 Å². The van der Waals surface area contributed by atoms with Crippen molar-refractivity contribution in [1.82, 2.24) is 15.8 Å². The summed E-state index contributed by atoms with van der Waals surface area (Å²) in [4.78, 5) is 4.76. The number of hydrogen-bond donors (Lipinski definition) is 2. The van der Waals surface area contributed by atoms with Gasteiger partial charge in [0.2, 0.25) is 0 Å². The Kier molecular flexibility index (Phi) is 10.6. The maximum Gasteiger partial charge on any atom is 0.191 e. The fourth-order valence-corrected chi connectivity index (χ4v) is 3.56. The van der Waals surface area contributed by atoms with E-state index in [4.69, 9.17) is 19.0 Å². The summed E-state index contributed by atoms with van der Waals surface area (Å²) in [6.45, 7) is 11.6. The maximum absolute atomic E-state index is 6.10. The highest BCUT2D eigenvalue weighted by atomic mass is 127. The molecule has 172 valence electrons. The smallest absolute Gasteiger partial charge is 0.191 e. The Hall–Kier alpha value is -1.81. The van der Waals surface area contributed by atoms with Gasteiger partial charge in [-0.15, -0.1) is 24.0 Å². The van der Waals surface area contributed by atoms with Crippen molar-refractivity contribution in [2.45, 2.75) is 59.6 Å². The van der Waals surface area contributed by atoms with Crippen LogP contribution >= 0.6 is 24.0 Å². The zero-order valence-corrected chi connectivity index (χ0v) is 21.3. The fraction of sp³-hybridized carbons (Fsp3) is 0.565. The third-order valence-electron chi connectivity index (χ3n) is 5.27. The average molecular weight is 542 g/mol. The molecule has 2 aromatic rings. The lowest BCUT2D eigenvalue weighted by Gasteiger charge is -2.15. The van der Waals surface area contributed by atoms with Gasteiger partial charge in [-0.2, -0.15) is 0 Å². The molecule has 1 atom stereocenters. The van der Waals surface area contributed by atoms with Crippen LogP contribution in [0.25, 0.3) is 0 Å². The lowest BCUT2D eigenvalue weighted by molar-refractivity contribution is 0.0676. The molecule has 0 saturated carbocycles. The van der Waals surface area contributed by atoms with E-state index in [0.29, 0.717) is 13.2 Å². The maximum atomic E-state index is 6.10. The van der Waals surface area contributed by atoms with Gasteiger partial charge in [0.25, 0.3) is 0 Å². The number of benzene rings is 1. The average Bonchev–Trinajstić information content (AvgIpc) is 3.36. The van der Waals surface area contributed by atoms with E-state index in [1.54, 1.807) is 0 Å². The molecule has 1 aromatic carbocycles. The zero-order chi connectivity index (χ0) is 21.3. The number of halogens is 1. The van der Waals surface area contributed by atoms with Crippen molar-refractivity contribution in [2.75, 3.05) is 26.3 Å². The van der Waals surface area contributed by atoms with Gasteiger partial charge in [0, 0.05) is 30.8 Å². The second-order valence-corrected chi connectivity index (χ2v) is 7.73. The third-order valence-corrected chi connectivity index (χ3v) is 5.27. The molecular formula is C23H35IN4O3. The van der Waals surface area contributed by atoms with Crippen LogP contribution in [0, 0.1) is 20.8 Å². The predicted octanol–water partition coefficient (Wildman–Crippen LogP) is 4.07. The van der Waals surface area contributed by atoms with Crippen molar-refractivity contribution in [3.05, 3.63) is 46.3 Å². The van der Waals surface area contributed by atoms with Crippen LogP contribution in [0.5, 0.6) is 5.75 Å². The molecule has 1 saturated heterocycles. The number of nitrogens with zero attached hydrogens (tertiary/aromatic N) is 2. The van der Waals surface area contributed by atoms with Crippen molar-refractivity contribution < 1.29 is 14.0 Å².